The largest absolute Gasteiger partial charge is 0.482 e. The predicted molar refractivity (Wildman–Crippen MR) is 110 cm³/mol. The van der Waals surface area contributed by atoms with Gasteiger partial charge in [0.05, 0.1) is 4.47 Å². The molecule has 0 radical (unpaired) electrons. The third-order valence-corrected chi connectivity index (χ3v) is 4.60. The van der Waals surface area contributed by atoms with Crippen molar-refractivity contribution in [2.24, 2.45) is 0 Å². The lowest BCUT2D eigenvalue weighted by Crippen LogP contribution is -2.49. The molecule has 0 bridgehead atoms. The van der Waals surface area contributed by atoms with E-state index in [0.29, 0.717) is 17.9 Å². The first-order valence-electron chi connectivity index (χ1n) is 8.29. The molecule has 1 atom stereocenters. The standard InChI is InChI=1S/C19H20Br2N2O4/c1-3-16(27-14-7-5-4-6-8-14)19(25)23-22-17(24)11-26-18-12(2)9-13(20)10-15(18)21/h4-10,16H,3,11H2,1-2H3,(H,22,24)(H,23,25). The Kier molecular flexibility index (Phi) is 8.12. The fraction of sp³-hybridized carbons (Fsp3) is 0.263. The van der Waals surface area contributed by atoms with E-state index in [-0.39, 0.29) is 6.61 Å². The zero-order chi connectivity index (χ0) is 19.8. The van der Waals surface area contributed by atoms with Crippen LogP contribution < -0.4 is 20.3 Å². The molecular formula is C19H20Br2N2O4. The number of benzene rings is 2. The summed E-state index contributed by atoms with van der Waals surface area (Å²) in [6.07, 6.45) is -0.255. The molecule has 2 aromatic rings. The SMILES string of the molecule is CCC(Oc1ccccc1)C(=O)NNC(=O)COc1c(C)cc(Br)cc1Br. The third kappa shape index (κ3) is 6.55. The maximum absolute atomic E-state index is 12.2. The number of hydrogen-bond acceptors (Lipinski definition) is 4. The third-order valence-electron chi connectivity index (χ3n) is 3.55. The first-order valence-corrected chi connectivity index (χ1v) is 9.88. The highest BCUT2D eigenvalue weighted by molar-refractivity contribution is 9.11. The fourth-order valence-electron chi connectivity index (χ4n) is 2.24. The van der Waals surface area contributed by atoms with Crippen molar-refractivity contribution >= 4 is 43.7 Å². The number of carbonyl (C=O) groups is 2. The van der Waals surface area contributed by atoms with Gasteiger partial charge in [0.25, 0.3) is 11.8 Å². The van der Waals surface area contributed by atoms with E-state index < -0.39 is 17.9 Å². The highest BCUT2D eigenvalue weighted by Crippen LogP contribution is 2.32. The second-order valence-corrected chi connectivity index (χ2v) is 7.46. The van der Waals surface area contributed by atoms with Crippen molar-refractivity contribution in [2.75, 3.05) is 6.61 Å². The Labute approximate surface area is 174 Å². The van der Waals surface area contributed by atoms with Crippen LogP contribution in [0.2, 0.25) is 0 Å². The molecule has 0 aliphatic carbocycles. The van der Waals surface area contributed by atoms with Crippen molar-refractivity contribution < 1.29 is 19.1 Å². The lowest BCUT2D eigenvalue weighted by atomic mass is 10.2. The first kappa shape index (κ1) is 21.2. The van der Waals surface area contributed by atoms with Crippen LogP contribution in [0, 0.1) is 6.92 Å². The number of rotatable bonds is 7. The molecule has 0 fully saturated rings. The molecule has 27 heavy (non-hydrogen) atoms. The Hall–Kier alpha value is -2.06. The van der Waals surface area contributed by atoms with Gasteiger partial charge in [0, 0.05) is 4.47 Å². The van der Waals surface area contributed by atoms with Crippen LogP contribution in [-0.2, 0) is 9.59 Å². The Morgan fingerprint density at radius 3 is 2.44 bits per heavy atom. The number of amides is 2. The molecule has 2 amide bonds. The van der Waals surface area contributed by atoms with Crippen LogP contribution >= 0.6 is 31.9 Å². The van der Waals surface area contributed by atoms with Crippen molar-refractivity contribution in [1.29, 1.82) is 0 Å². The van der Waals surface area contributed by atoms with Crippen LogP contribution in [0.1, 0.15) is 18.9 Å². The molecule has 0 saturated carbocycles. The highest BCUT2D eigenvalue weighted by Gasteiger charge is 2.19. The highest BCUT2D eigenvalue weighted by atomic mass is 79.9. The average molecular weight is 500 g/mol. The van der Waals surface area contributed by atoms with Gasteiger partial charge in [-0.25, -0.2) is 0 Å². The zero-order valence-corrected chi connectivity index (χ0v) is 18.1. The quantitative estimate of drug-likeness (QED) is 0.566. The monoisotopic (exact) mass is 498 g/mol. The van der Waals surface area contributed by atoms with Gasteiger partial charge in [-0.1, -0.05) is 41.1 Å². The Morgan fingerprint density at radius 2 is 1.81 bits per heavy atom. The van der Waals surface area contributed by atoms with E-state index in [1.54, 1.807) is 12.1 Å². The molecule has 0 saturated heterocycles. The van der Waals surface area contributed by atoms with Crippen LogP contribution in [0.5, 0.6) is 11.5 Å². The summed E-state index contributed by atoms with van der Waals surface area (Å²) in [5.41, 5.74) is 5.57. The van der Waals surface area contributed by atoms with Crippen LogP contribution in [-0.4, -0.2) is 24.5 Å². The first-order chi connectivity index (χ1) is 12.9. The summed E-state index contributed by atoms with van der Waals surface area (Å²) in [4.78, 5) is 24.2. The van der Waals surface area contributed by atoms with Gasteiger partial charge in [-0.2, -0.15) is 0 Å². The van der Waals surface area contributed by atoms with Gasteiger partial charge < -0.3 is 9.47 Å². The number of aryl methyl sites for hydroxylation is 1. The molecule has 0 spiro atoms. The lowest BCUT2D eigenvalue weighted by molar-refractivity contribution is -0.134. The summed E-state index contributed by atoms with van der Waals surface area (Å²) in [7, 11) is 0. The topological polar surface area (TPSA) is 76.7 Å². The molecule has 8 heteroatoms. The minimum absolute atomic E-state index is 0.238. The van der Waals surface area contributed by atoms with Gasteiger partial charge in [0.15, 0.2) is 12.7 Å². The minimum Gasteiger partial charge on any atom is -0.482 e. The molecule has 0 aliphatic rings. The van der Waals surface area contributed by atoms with E-state index in [1.165, 1.54) is 0 Å². The summed E-state index contributed by atoms with van der Waals surface area (Å²) in [5.74, 6) is 0.242. The fourth-order valence-corrected chi connectivity index (χ4v) is 3.80. The number of hydrazine groups is 1. The minimum atomic E-state index is -0.712. The summed E-state index contributed by atoms with van der Waals surface area (Å²) in [6.45, 7) is 3.46. The van der Waals surface area contributed by atoms with E-state index in [1.807, 2.05) is 44.2 Å². The maximum atomic E-state index is 12.2. The van der Waals surface area contributed by atoms with Gasteiger partial charge in [0.1, 0.15) is 11.5 Å². The van der Waals surface area contributed by atoms with Gasteiger partial charge in [-0.3, -0.25) is 20.4 Å². The number of hydrogen-bond donors (Lipinski definition) is 2. The molecule has 0 heterocycles. The molecule has 1 unspecified atom stereocenters. The maximum Gasteiger partial charge on any atom is 0.279 e. The van der Waals surface area contributed by atoms with E-state index >= 15 is 0 Å². The molecule has 6 nitrogen and oxygen atoms in total. The van der Waals surface area contributed by atoms with Crippen LogP contribution in [0.25, 0.3) is 0 Å². The summed E-state index contributed by atoms with van der Waals surface area (Å²) >= 11 is 6.78. The lowest BCUT2D eigenvalue weighted by Gasteiger charge is -2.17. The molecule has 0 aliphatic heterocycles. The van der Waals surface area contributed by atoms with Crippen LogP contribution in [0.15, 0.2) is 51.4 Å². The van der Waals surface area contributed by atoms with E-state index in [9.17, 15) is 9.59 Å². The van der Waals surface area contributed by atoms with Crippen molar-refractivity contribution in [3.8, 4) is 11.5 Å². The zero-order valence-electron chi connectivity index (χ0n) is 14.9. The van der Waals surface area contributed by atoms with Crippen molar-refractivity contribution in [3.63, 3.8) is 0 Å². The summed E-state index contributed by atoms with van der Waals surface area (Å²) < 4.78 is 12.8. The predicted octanol–water partition coefficient (Wildman–Crippen LogP) is 3.90. The molecule has 0 aromatic heterocycles. The number of halogens is 2. The molecular weight excluding hydrogens is 480 g/mol. The number of ether oxygens (including phenoxy) is 2. The molecule has 2 N–H and O–H groups in total. The number of carbonyl (C=O) groups excluding carboxylic acids is 2. The Balaban J connectivity index is 1.83. The van der Waals surface area contributed by atoms with Crippen LogP contribution in [0.3, 0.4) is 0 Å². The van der Waals surface area contributed by atoms with Crippen molar-refractivity contribution in [3.05, 3.63) is 57.0 Å². The summed E-state index contributed by atoms with van der Waals surface area (Å²) in [6, 6.07) is 12.7. The number of para-hydroxylation sites is 1. The Morgan fingerprint density at radius 1 is 1.11 bits per heavy atom. The van der Waals surface area contributed by atoms with Gasteiger partial charge in [-0.05, 0) is 59.1 Å². The Bertz CT molecular complexity index is 777. The molecule has 144 valence electrons. The second-order valence-electron chi connectivity index (χ2n) is 5.69. The molecule has 2 rings (SSSR count). The molecule has 2 aromatic carbocycles. The van der Waals surface area contributed by atoms with Crippen LogP contribution in [0.4, 0.5) is 0 Å². The van der Waals surface area contributed by atoms with E-state index in [4.69, 9.17) is 9.47 Å². The van der Waals surface area contributed by atoms with Crippen molar-refractivity contribution in [1.82, 2.24) is 10.9 Å². The van der Waals surface area contributed by atoms with Gasteiger partial charge in [0.2, 0.25) is 0 Å². The smallest absolute Gasteiger partial charge is 0.279 e. The van der Waals surface area contributed by atoms with Crippen molar-refractivity contribution in [2.45, 2.75) is 26.4 Å². The second kappa shape index (κ2) is 10.3. The average Bonchev–Trinajstić information content (AvgIpc) is 2.64. The summed E-state index contributed by atoms with van der Waals surface area (Å²) in [5, 5.41) is 0. The normalized spacial score (nSPS) is 11.4. The van der Waals surface area contributed by atoms with Gasteiger partial charge >= 0.3 is 0 Å². The van der Waals surface area contributed by atoms with E-state index in [0.717, 1.165) is 14.5 Å². The number of nitrogens with one attached hydrogen (secondary N) is 2. The van der Waals surface area contributed by atoms with E-state index in [2.05, 4.69) is 42.7 Å². The van der Waals surface area contributed by atoms with Gasteiger partial charge in [-0.15, -0.1) is 0 Å².